The summed E-state index contributed by atoms with van der Waals surface area (Å²) in [4.78, 5) is 10.7. The van der Waals surface area contributed by atoms with Gasteiger partial charge in [-0.1, -0.05) is 30.3 Å². The Morgan fingerprint density at radius 2 is 2.45 bits per heavy atom. The maximum atomic E-state index is 10.7. The Hall–Kier alpha value is -1.31. The van der Waals surface area contributed by atoms with Crippen LogP contribution in [0.2, 0.25) is 0 Å². The highest BCUT2D eigenvalue weighted by Gasteiger charge is 1.96. The average Bonchev–Trinajstić information content (AvgIpc) is 2.17. The van der Waals surface area contributed by atoms with Crippen LogP contribution in [0.25, 0.3) is 0 Å². The second kappa shape index (κ2) is 3.76. The van der Waals surface area contributed by atoms with E-state index in [1.165, 1.54) is 24.3 Å². The van der Waals surface area contributed by atoms with Gasteiger partial charge in [-0.2, -0.15) is 0 Å². The lowest BCUT2D eigenvalue weighted by Gasteiger charge is -1.95. The van der Waals surface area contributed by atoms with Crippen molar-refractivity contribution in [3.05, 3.63) is 35.9 Å². The van der Waals surface area contributed by atoms with E-state index in [0.29, 0.717) is 0 Å². The molecular weight excluding hydrogens is 140 g/mol. The minimum Gasteiger partial charge on any atom is -0.481 e. The van der Waals surface area contributed by atoms with Gasteiger partial charge in [0.15, 0.2) is 0 Å². The molecule has 0 bridgehead atoms. The largest absolute Gasteiger partial charge is 0.481 e. The zero-order valence-corrected chi connectivity index (χ0v) is 5.66. The monoisotopic (exact) mass is 155 g/mol. The van der Waals surface area contributed by atoms with Crippen molar-refractivity contribution < 1.29 is 16.8 Å². The summed E-state index contributed by atoms with van der Waals surface area (Å²) in [5, 5.41) is 8.65. The molecular formula is C9H10O2. The molecule has 1 N–H and O–H groups in total. The van der Waals surface area contributed by atoms with Gasteiger partial charge >= 0.3 is 5.97 Å². The standard InChI is InChI=1S/C9H10O2/c10-9(11)7-6-8-4-2-1-3-5-8/h1-5H,6-7H2,(H,10,11)/i4D,6D2,7D2. The highest BCUT2D eigenvalue weighted by atomic mass is 16.4. The van der Waals surface area contributed by atoms with Crippen LogP contribution in [0, 0.1) is 0 Å². The van der Waals surface area contributed by atoms with Crippen LogP contribution in [-0.4, -0.2) is 11.1 Å². The molecule has 11 heavy (non-hydrogen) atoms. The van der Waals surface area contributed by atoms with Crippen molar-refractivity contribution in [1.29, 1.82) is 0 Å². The molecule has 0 saturated heterocycles. The highest BCUT2D eigenvalue weighted by molar-refractivity contribution is 5.67. The van der Waals surface area contributed by atoms with Crippen LogP contribution in [0.15, 0.2) is 30.3 Å². The van der Waals surface area contributed by atoms with E-state index in [2.05, 4.69) is 0 Å². The van der Waals surface area contributed by atoms with Crippen molar-refractivity contribution in [2.75, 3.05) is 0 Å². The molecule has 0 amide bonds. The number of carboxylic acid groups (broad SMARTS) is 1. The topological polar surface area (TPSA) is 37.3 Å². The minimum atomic E-state index is -3.08. The van der Waals surface area contributed by atoms with E-state index in [9.17, 15) is 4.79 Å². The normalized spacial score (nSPS) is 18.7. The summed E-state index contributed by atoms with van der Waals surface area (Å²) in [5.41, 5.74) is -0.276. The summed E-state index contributed by atoms with van der Waals surface area (Å²) in [5.74, 6) is -1.89. The van der Waals surface area contributed by atoms with Crippen LogP contribution < -0.4 is 0 Å². The Morgan fingerprint density at radius 3 is 3.09 bits per heavy atom. The van der Waals surface area contributed by atoms with Gasteiger partial charge in [-0.05, 0) is 11.9 Å². The van der Waals surface area contributed by atoms with E-state index in [1.807, 2.05) is 0 Å². The fourth-order valence-electron chi connectivity index (χ4n) is 0.592. The Morgan fingerprint density at radius 1 is 1.64 bits per heavy atom. The smallest absolute Gasteiger partial charge is 0.303 e. The second-order valence-electron chi connectivity index (χ2n) is 1.83. The van der Waals surface area contributed by atoms with Crippen molar-refractivity contribution in [3.63, 3.8) is 0 Å². The summed E-state index contributed by atoms with van der Waals surface area (Å²) < 4.78 is 37.0. The molecule has 0 atom stereocenters. The summed E-state index contributed by atoms with van der Waals surface area (Å²) in [6, 6.07) is 5.20. The molecule has 0 aliphatic heterocycles. The molecule has 2 nitrogen and oxygen atoms in total. The Labute approximate surface area is 72.5 Å². The van der Waals surface area contributed by atoms with Gasteiger partial charge < -0.3 is 5.11 Å². The van der Waals surface area contributed by atoms with Crippen molar-refractivity contribution >= 4 is 5.97 Å². The minimum absolute atomic E-state index is 0.224. The maximum Gasteiger partial charge on any atom is 0.303 e. The molecule has 1 aromatic rings. The number of benzene rings is 1. The van der Waals surface area contributed by atoms with E-state index in [4.69, 9.17) is 12.0 Å². The highest BCUT2D eigenvalue weighted by Crippen LogP contribution is 2.01. The molecule has 0 unspecified atom stereocenters. The first-order valence-electron chi connectivity index (χ1n) is 5.51. The number of hydrogen-bond acceptors (Lipinski definition) is 1. The van der Waals surface area contributed by atoms with Gasteiger partial charge in [0.2, 0.25) is 0 Å². The Bertz CT molecular complexity index is 416. The van der Waals surface area contributed by atoms with Crippen LogP contribution >= 0.6 is 0 Å². The van der Waals surface area contributed by atoms with Gasteiger partial charge in [0, 0.05) is 11.9 Å². The van der Waals surface area contributed by atoms with E-state index in [-0.39, 0.29) is 11.6 Å². The molecule has 0 heterocycles. The van der Waals surface area contributed by atoms with Gasteiger partial charge in [0.05, 0.1) is 1.37 Å². The van der Waals surface area contributed by atoms with Gasteiger partial charge in [0.1, 0.15) is 0 Å². The van der Waals surface area contributed by atoms with Crippen LogP contribution in [0.3, 0.4) is 0 Å². The SMILES string of the molecule is [2H]c1ccccc1C([2H])([2H])C([2H])([2H])C(=O)O. The van der Waals surface area contributed by atoms with Crippen molar-refractivity contribution in [3.8, 4) is 0 Å². The van der Waals surface area contributed by atoms with E-state index in [1.54, 1.807) is 0 Å². The Kier molecular flexibility index (Phi) is 1.16. The predicted molar refractivity (Wildman–Crippen MR) is 42.4 cm³/mol. The molecule has 0 fully saturated rings. The first-order valence-corrected chi connectivity index (χ1v) is 3.01. The third-order valence-corrected chi connectivity index (χ3v) is 1.01. The third-order valence-electron chi connectivity index (χ3n) is 1.01. The number of rotatable bonds is 3. The lowest BCUT2D eigenvalue weighted by atomic mass is 10.1. The molecule has 0 saturated carbocycles. The molecule has 0 aromatic heterocycles. The molecule has 58 valence electrons. The zero-order chi connectivity index (χ0) is 12.6. The number of carboxylic acids is 1. The Balaban J connectivity index is 3.32. The van der Waals surface area contributed by atoms with Crippen molar-refractivity contribution in [1.82, 2.24) is 0 Å². The third kappa shape index (κ3) is 2.85. The van der Waals surface area contributed by atoms with Crippen molar-refractivity contribution in [2.24, 2.45) is 0 Å². The fraction of sp³-hybridized carbons (Fsp3) is 0.222. The molecule has 1 aromatic carbocycles. The number of hydrogen-bond donors (Lipinski definition) is 1. The number of aliphatic carboxylic acids is 1. The van der Waals surface area contributed by atoms with Gasteiger partial charge in [-0.3, -0.25) is 4.79 Å². The van der Waals surface area contributed by atoms with Gasteiger partial charge in [0.25, 0.3) is 0 Å². The molecule has 0 spiro atoms. The predicted octanol–water partition coefficient (Wildman–Crippen LogP) is 1.70. The zero-order valence-electron chi connectivity index (χ0n) is 10.7. The lowest BCUT2D eigenvalue weighted by molar-refractivity contribution is -0.136. The molecule has 0 radical (unpaired) electrons. The van der Waals surface area contributed by atoms with Crippen LogP contribution in [0.5, 0.6) is 0 Å². The van der Waals surface area contributed by atoms with Crippen LogP contribution in [0.1, 0.15) is 18.8 Å². The second-order valence-corrected chi connectivity index (χ2v) is 1.83. The van der Waals surface area contributed by atoms with Crippen LogP contribution in [0.4, 0.5) is 0 Å². The summed E-state index contributed by atoms with van der Waals surface area (Å²) in [6.07, 6.45) is -5.83. The average molecular weight is 155 g/mol. The molecule has 0 aliphatic rings. The van der Waals surface area contributed by atoms with Gasteiger partial charge in [-0.15, -0.1) is 0 Å². The first-order chi connectivity index (χ1) is 7.21. The summed E-state index contributed by atoms with van der Waals surface area (Å²) in [7, 11) is 0. The molecule has 1 rings (SSSR count). The number of aryl methyl sites for hydroxylation is 1. The summed E-state index contributed by atoms with van der Waals surface area (Å²) in [6.45, 7) is 0. The fourth-order valence-corrected chi connectivity index (χ4v) is 0.592. The lowest BCUT2D eigenvalue weighted by Crippen LogP contribution is -1.96. The van der Waals surface area contributed by atoms with Gasteiger partial charge in [-0.25, -0.2) is 0 Å². The maximum absolute atomic E-state index is 10.7. The number of carbonyl (C=O) groups is 1. The summed E-state index contributed by atoms with van der Waals surface area (Å²) >= 11 is 0. The molecule has 2 heteroatoms. The van der Waals surface area contributed by atoms with E-state index >= 15 is 0 Å². The first kappa shape index (κ1) is 3.39. The van der Waals surface area contributed by atoms with Crippen LogP contribution in [-0.2, 0) is 11.2 Å². The van der Waals surface area contributed by atoms with E-state index in [0.717, 1.165) is 0 Å². The molecule has 0 aliphatic carbocycles. The quantitative estimate of drug-likeness (QED) is 0.721. The van der Waals surface area contributed by atoms with E-state index < -0.39 is 18.7 Å². The van der Waals surface area contributed by atoms with Crippen molar-refractivity contribution in [2.45, 2.75) is 12.7 Å².